The lowest BCUT2D eigenvalue weighted by Crippen LogP contribution is -2.34. The standard InChI is InChI=1S/C12H11ClF2N4O3S2/c1-19(24(21,22)8-4-2-7(13)3-5-8)6-9(20)16-12-18-17-11(23-12)10(14)15/h2-5,10H,6H2,1H3,(H,16,18,20). The first-order valence-electron chi connectivity index (χ1n) is 6.33. The van der Waals surface area contributed by atoms with Gasteiger partial charge in [-0.05, 0) is 24.3 Å². The predicted octanol–water partition coefficient (Wildman–Crippen LogP) is 2.39. The van der Waals surface area contributed by atoms with Gasteiger partial charge in [0.15, 0.2) is 5.01 Å². The third-order valence-corrected chi connectivity index (χ3v) is 5.68. The molecule has 7 nitrogen and oxygen atoms in total. The van der Waals surface area contributed by atoms with Crippen LogP contribution in [-0.2, 0) is 14.8 Å². The minimum atomic E-state index is -3.89. The van der Waals surface area contributed by atoms with Gasteiger partial charge >= 0.3 is 0 Å². The summed E-state index contributed by atoms with van der Waals surface area (Å²) >= 11 is 6.22. The topological polar surface area (TPSA) is 92.3 Å². The average Bonchev–Trinajstić information content (AvgIpc) is 2.96. The highest BCUT2D eigenvalue weighted by atomic mass is 35.5. The fourth-order valence-electron chi connectivity index (χ4n) is 1.61. The molecule has 0 atom stereocenters. The molecule has 1 N–H and O–H groups in total. The predicted molar refractivity (Wildman–Crippen MR) is 84.8 cm³/mol. The van der Waals surface area contributed by atoms with Crippen molar-refractivity contribution in [2.45, 2.75) is 11.3 Å². The molecule has 0 aliphatic rings. The van der Waals surface area contributed by atoms with Gasteiger partial charge < -0.3 is 0 Å². The number of nitrogens with zero attached hydrogens (tertiary/aromatic N) is 3. The van der Waals surface area contributed by atoms with E-state index in [1.54, 1.807) is 0 Å². The molecule has 0 saturated carbocycles. The van der Waals surface area contributed by atoms with Gasteiger partial charge in [-0.15, -0.1) is 10.2 Å². The molecule has 0 fully saturated rings. The van der Waals surface area contributed by atoms with Crippen molar-refractivity contribution in [2.75, 3.05) is 18.9 Å². The van der Waals surface area contributed by atoms with Crippen LogP contribution in [0, 0.1) is 0 Å². The Morgan fingerprint density at radius 2 is 1.96 bits per heavy atom. The molecule has 0 unspecified atom stereocenters. The molecule has 1 aromatic heterocycles. The minimum absolute atomic E-state index is 0.0295. The van der Waals surface area contributed by atoms with Crippen molar-refractivity contribution < 1.29 is 22.0 Å². The minimum Gasteiger partial charge on any atom is -0.299 e. The zero-order valence-electron chi connectivity index (χ0n) is 12.1. The Labute approximate surface area is 145 Å². The lowest BCUT2D eigenvalue weighted by molar-refractivity contribution is -0.116. The van der Waals surface area contributed by atoms with Crippen LogP contribution in [0.25, 0.3) is 0 Å². The van der Waals surface area contributed by atoms with Gasteiger partial charge in [-0.3, -0.25) is 10.1 Å². The van der Waals surface area contributed by atoms with E-state index in [1.165, 1.54) is 31.3 Å². The number of carbonyl (C=O) groups excluding carboxylic acids is 1. The summed E-state index contributed by atoms with van der Waals surface area (Å²) in [4.78, 5) is 11.8. The van der Waals surface area contributed by atoms with Gasteiger partial charge in [0.25, 0.3) is 6.43 Å². The number of benzene rings is 1. The van der Waals surface area contributed by atoms with Crippen molar-refractivity contribution in [2.24, 2.45) is 0 Å². The number of hydrogen-bond donors (Lipinski definition) is 1. The fourth-order valence-corrected chi connectivity index (χ4v) is 3.47. The lowest BCUT2D eigenvalue weighted by Gasteiger charge is -2.16. The van der Waals surface area contributed by atoms with Gasteiger partial charge in [0, 0.05) is 12.1 Å². The van der Waals surface area contributed by atoms with E-state index in [9.17, 15) is 22.0 Å². The second kappa shape index (κ2) is 7.47. The molecular formula is C12H11ClF2N4O3S2. The van der Waals surface area contributed by atoms with Gasteiger partial charge in [-0.2, -0.15) is 4.31 Å². The number of anilines is 1. The van der Waals surface area contributed by atoms with Crippen molar-refractivity contribution in [1.82, 2.24) is 14.5 Å². The van der Waals surface area contributed by atoms with E-state index in [2.05, 4.69) is 15.5 Å². The summed E-state index contributed by atoms with van der Waals surface area (Å²) < 4.78 is 50.2. The number of carbonyl (C=O) groups is 1. The summed E-state index contributed by atoms with van der Waals surface area (Å²) in [5, 5.41) is 8.54. The third-order valence-electron chi connectivity index (χ3n) is 2.76. The van der Waals surface area contributed by atoms with Crippen molar-refractivity contribution in [3.05, 3.63) is 34.3 Å². The van der Waals surface area contributed by atoms with E-state index in [1.807, 2.05) is 0 Å². The number of aromatic nitrogens is 2. The highest BCUT2D eigenvalue weighted by molar-refractivity contribution is 7.89. The first-order chi connectivity index (χ1) is 11.2. The molecular weight excluding hydrogens is 386 g/mol. The molecule has 0 spiro atoms. The maximum absolute atomic E-state index is 12.4. The van der Waals surface area contributed by atoms with Crippen LogP contribution >= 0.6 is 22.9 Å². The van der Waals surface area contributed by atoms with E-state index in [0.29, 0.717) is 16.4 Å². The van der Waals surface area contributed by atoms with Crippen LogP contribution in [0.15, 0.2) is 29.2 Å². The van der Waals surface area contributed by atoms with E-state index in [4.69, 9.17) is 11.6 Å². The number of likely N-dealkylation sites (N-methyl/N-ethyl adjacent to an activating group) is 1. The summed E-state index contributed by atoms with van der Waals surface area (Å²) in [6.07, 6.45) is -2.79. The Hall–Kier alpha value is -1.69. The van der Waals surface area contributed by atoms with Crippen LogP contribution in [0.4, 0.5) is 13.9 Å². The summed E-state index contributed by atoms with van der Waals surface area (Å²) in [5.74, 6) is -0.730. The van der Waals surface area contributed by atoms with Crippen molar-refractivity contribution in [3.63, 3.8) is 0 Å². The monoisotopic (exact) mass is 396 g/mol. The fraction of sp³-hybridized carbons (Fsp3) is 0.250. The Morgan fingerprint density at radius 1 is 1.33 bits per heavy atom. The number of sulfonamides is 1. The van der Waals surface area contributed by atoms with Gasteiger partial charge in [0.1, 0.15) is 0 Å². The van der Waals surface area contributed by atoms with Crippen molar-refractivity contribution in [1.29, 1.82) is 0 Å². The molecule has 0 saturated heterocycles. The first-order valence-corrected chi connectivity index (χ1v) is 8.97. The quantitative estimate of drug-likeness (QED) is 0.809. The Kier molecular flexibility index (Phi) is 5.80. The number of nitrogens with one attached hydrogen (secondary N) is 1. The Bertz CT molecular complexity index is 827. The molecule has 12 heteroatoms. The Morgan fingerprint density at radius 3 is 2.50 bits per heavy atom. The summed E-state index contributed by atoms with van der Waals surface area (Å²) in [6, 6.07) is 5.45. The van der Waals surface area contributed by atoms with Gasteiger partial charge in [0.05, 0.1) is 11.4 Å². The van der Waals surface area contributed by atoms with Crippen molar-refractivity contribution in [3.8, 4) is 0 Å². The molecule has 2 rings (SSSR count). The maximum Gasteiger partial charge on any atom is 0.291 e. The van der Waals surface area contributed by atoms with Crippen LogP contribution in [0.2, 0.25) is 5.02 Å². The van der Waals surface area contributed by atoms with E-state index >= 15 is 0 Å². The molecule has 1 amide bonds. The Balaban J connectivity index is 2.03. The second-order valence-corrected chi connectivity index (χ2v) is 8.00. The van der Waals surface area contributed by atoms with Crippen molar-refractivity contribution >= 4 is 44.0 Å². The summed E-state index contributed by atoms with van der Waals surface area (Å²) in [7, 11) is -2.67. The normalized spacial score (nSPS) is 11.9. The van der Waals surface area contributed by atoms with Gasteiger partial charge in [0.2, 0.25) is 21.1 Å². The molecule has 1 heterocycles. The van der Waals surface area contributed by atoms with Gasteiger partial charge in [-0.1, -0.05) is 22.9 Å². The van der Waals surface area contributed by atoms with Gasteiger partial charge in [-0.25, -0.2) is 17.2 Å². The zero-order chi connectivity index (χ0) is 17.9. The largest absolute Gasteiger partial charge is 0.299 e. The smallest absolute Gasteiger partial charge is 0.291 e. The maximum atomic E-state index is 12.4. The number of rotatable bonds is 6. The van der Waals surface area contributed by atoms with E-state index in [0.717, 1.165) is 4.31 Å². The summed E-state index contributed by atoms with van der Waals surface area (Å²) in [5.41, 5.74) is 0. The average molecular weight is 397 g/mol. The molecule has 130 valence electrons. The molecule has 0 radical (unpaired) electrons. The SMILES string of the molecule is CN(CC(=O)Nc1nnc(C(F)F)s1)S(=O)(=O)c1ccc(Cl)cc1. The number of amides is 1. The molecule has 24 heavy (non-hydrogen) atoms. The van der Waals surface area contributed by atoms with E-state index < -0.39 is 33.9 Å². The molecule has 0 aliphatic heterocycles. The number of alkyl halides is 2. The summed E-state index contributed by atoms with van der Waals surface area (Å²) in [6.45, 7) is -0.519. The lowest BCUT2D eigenvalue weighted by atomic mass is 10.4. The number of halogens is 3. The molecule has 0 bridgehead atoms. The molecule has 0 aliphatic carbocycles. The molecule has 1 aromatic carbocycles. The highest BCUT2D eigenvalue weighted by Crippen LogP contribution is 2.25. The third kappa shape index (κ3) is 4.44. The zero-order valence-corrected chi connectivity index (χ0v) is 14.5. The first kappa shape index (κ1) is 18.6. The van der Waals surface area contributed by atoms with Crippen LogP contribution in [0.5, 0.6) is 0 Å². The molecule has 2 aromatic rings. The van der Waals surface area contributed by atoms with E-state index in [-0.39, 0.29) is 10.0 Å². The van der Waals surface area contributed by atoms with Crippen LogP contribution in [-0.4, -0.2) is 42.4 Å². The second-order valence-electron chi connectivity index (χ2n) is 4.51. The highest BCUT2D eigenvalue weighted by Gasteiger charge is 2.23. The number of hydrogen-bond acceptors (Lipinski definition) is 6. The van der Waals surface area contributed by atoms with Crippen LogP contribution in [0.3, 0.4) is 0 Å². The van der Waals surface area contributed by atoms with Crippen LogP contribution in [0.1, 0.15) is 11.4 Å². The van der Waals surface area contributed by atoms with Crippen LogP contribution < -0.4 is 5.32 Å².